The number of benzene rings is 2. The average molecular weight is 751 g/mol. The third-order valence-electron chi connectivity index (χ3n) is 8.13. The maximum Gasteiger partial charge on any atom is 0.192 e. The average Bonchev–Trinajstić information content (AvgIpc) is 3.61. The molecule has 0 radical (unpaired) electrons. The second-order valence-electron chi connectivity index (χ2n) is 12.7. The molecular weight excluding hydrogens is 712 g/mol. The first-order valence-corrected chi connectivity index (χ1v) is 19.2. The number of hydrogen-bond donors (Lipinski definition) is 1. The summed E-state index contributed by atoms with van der Waals surface area (Å²) in [6.07, 6.45) is 3.69. The van der Waals surface area contributed by atoms with E-state index in [0.29, 0.717) is 18.1 Å². The lowest BCUT2D eigenvalue weighted by atomic mass is 10.2. The van der Waals surface area contributed by atoms with Crippen LogP contribution in [0, 0.1) is 13.8 Å². The lowest BCUT2D eigenvalue weighted by Crippen LogP contribution is -2.40. The number of aryl methyl sites for hydroxylation is 2. The SMILES string of the molecule is Cc1cc(Br)c2cnn(-c3cccc(CO)n3)c2c1.Cc1cc(Br)c2cnn(-c3cccc(CO[Si](C)(C)C(C)(C)C)n3)c2c1. The molecule has 0 saturated carbocycles. The first-order valence-electron chi connectivity index (χ1n) is 14.7. The van der Waals surface area contributed by atoms with Crippen LogP contribution in [0.1, 0.15) is 43.3 Å². The van der Waals surface area contributed by atoms with Crippen molar-refractivity contribution in [3.8, 4) is 11.6 Å². The summed E-state index contributed by atoms with van der Waals surface area (Å²) in [6, 6.07) is 19.9. The van der Waals surface area contributed by atoms with Gasteiger partial charge in [-0.2, -0.15) is 10.2 Å². The molecule has 11 heteroatoms. The first kappa shape index (κ1) is 33.1. The van der Waals surface area contributed by atoms with E-state index in [0.717, 1.165) is 47.8 Å². The molecule has 0 fully saturated rings. The van der Waals surface area contributed by atoms with Crippen LogP contribution >= 0.6 is 31.9 Å². The summed E-state index contributed by atoms with van der Waals surface area (Å²) >= 11 is 7.17. The molecule has 0 aliphatic rings. The molecule has 0 bridgehead atoms. The quantitative estimate of drug-likeness (QED) is 0.171. The molecule has 0 aliphatic carbocycles. The van der Waals surface area contributed by atoms with Gasteiger partial charge in [0.2, 0.25) is 0 Å². The van der Waals surface area contributed by atoms with Gasteiger partial charge in [0.05, 0.1) is 48.0 Å². The minimum atomic E-state index is -1.80. The van der Waals surface area contributed by atoms with Crippen molar-refractivity contribution in [1.29, 1.82) is 0 Å². The molecule has 0 saturated heterocycles. The molecule has 2 aromatic carbocycles. The summed E-state index contributed by atoms with van der Waals surface area (Å²) in [6.45, 7) is 15.9. The lowest BCUT2D eigenvalue weighted by Gasteiger charge is -2.36. The molecule has 4 aromatic heterocycles. The van der Waals surface area contributed by atoms with Crippen LogP contribution in [0.15, 0.2) is 82.0 Å². The smallest absolute Gasteiger partial charge is 0.192 e. The maximum atomic E-state index is 9.16. The van der Waals surface area contributed by atoms with E-state index in [-0.39, 0.29) is 11.6 Å². The monoisotopic (exact) mass is 748 g/mol. The number of fused-ring (bicyclic) bond motifs is 2. The third-order valence-corrected chi connectivity index (χ3v) is 13.9. The largest absolute Gasteiger partial charge is 0.411 e. The number of halogens is 2. The highest BCUT2D eigenvalue weighted by Crippen LogP contribution is 2.37. The zero-order valence-corrected chi connectivity index (χ0v) is 30.8. The Hall–Kier alpha value is -3.22. The molecule has 6 aromatic rings. The second kappa shape index (κ2) is 13.3. The molecule has 4 heterocycles. The van der Waals surface area contributed by atoms with Gasteiger partial charge in [0, 0.05) is 19.7 Å². The van der Waals surface area contributed by atoms with Gasteiger partial charge in [-0.25, -0.2) is 19.3 Å². The lowest BCUT2D eigenvalue weighted by molar-refractivity contribution is 0.272. The number of pyridine rings is 2. The van der Waals surface area contributed by atoms with Crippen LogP contribution in [0.2, 0.25) is 18.1 Å². The van der Waals surface area contributed by atoms with Crippen LogP contribution in [0.4, 0.5) is 0 Å². The number of aromatic nitrogens is 6. The fourth-order valence-electron chi connectivity index (χ4n) is 4.61. The normalized spacial score (nSPS) is 12.0. The predicted octanol–water partition coefficient (Wildman–Crippen LogP) is 9.00. The maximum absolute atomic E-state index is 9.16. The summed E-state index contributed by atoms with van der Waals surface area (Å²) in [4.78, 5) is 9.17. The van der Waals surface area contributed by atoms with E-state index in [1.165, 1.54) is 5.56 Å². The van der Waals surface area contributed by atoms with Crippen molar-refractivity contribution in [1.82, 2.24) is 29.5 Å². The molecule has 0 atom stereocenters. The Labute approximate surface area is 281 Å². The van der Waals surface area contributed by atoms with Crippen molar-refractivity contribution in [2.45, 2.75) is 66.0 Å². The highest BCUT2D eigenvalue weighted by Gasteiger charge is 2.37. The molecule has 0 amide bonds. The molecule has 45 heavy (non-hydrogen) atoms. The van der Waals surface area contributed by atoms with Crippen LogP contribution < -0.4 is 0 Å². The fraction of sp³-hybridized carbons (Fsp3) is 0.294. The standard InChI is InChI=1S/C20H26BrN3OSi.C14H12BrN3O/c1-14-10-17(21)16-12-22-24(18(16)11-14)19-9-7-8-15(23-19)13-25-26(5,6)20(2,3)4;1-9-5-12(15)11-7-16-18(13(11)6-9)14-4-2-3-10(8-19)17-14/h7-12H,13H2,1-6H3;2-7,19H,8H2,1H3. The summed E-state index contributed by atoms with van der Waals surface area (Å²) in [5, 5.41) is 20.4. The van der Waals surface area contributed by atoms with Crippen LogP contribution in [0.25, 0.3) is 33.4 Å². The van der Waals surface area contributed by atoms with Gasteiger partial charge in [0.25, 0.3) is 0 Å². The zero-order valence-electron chi connectivity index (χ0n) is 26.6. The summed E-state index contributed by atoms with van der Waals surface area (Å²) in [5.74, 6) is 1.52. The van der Waals surface area contributed by atoms with Gasteiger partial charge in [0.1, 0.15) is 0 Å². The Kier molecular flexibility index (Phi) is 9.76. The van der Waals surface area contributed by atoms with Gasteiger partial charge in [-0.1, -0.05) is 64.8 Å². The Morgan fingerprint density at radius 3 is 1.69 bits per heavy atom. The molecule has 0 aliphatic heterocycles. The van der Waals surface area contributed by atoms with Gasteiger partial charge in [-0.3, -0.25) is 0 Å². The second-order valence-corrected chi connectivity index (χ2v) is 19.2. The van der Waals surface area contributed by atoms with Crippen LogP contribution in [0.3, 0.4) is 0 Å². The molecule has 0 unspecified atom stereocenters. The van der Waals surface area contributed by atoms with Crippen molar-refractivity contribution in [3.63, 3.8) is 0 Å². The van der Waals surface area contributed by atoms with Crippen molar-refractivity contribution < 1.29 is 9.53 Å². The topological polar surface area (TPSA) is 90.9 Å². The first-order chi connectivity index (χ1) is 21.3. The van der Waals surface area contributed by atoms with E-state index in [2.05, 4.69) is 112 Å². The number of aliphatic hydroxyl groups excluding tert-OH is 1. The fourth-order valence-corrected chi connectivity index (χ4v) is 6.88. The highest BCUT2D eigenvalue weighted by atomic mass is 79.9. The summed E-state index contributed by atoms with van der Waals surface area (Å²) in [7, 11) is -1.80. The van der Waals surface area contributed by atoms with E-state index in [1.807, 2.05) is 54.3 Å². The van der Waals surface area contributed by atoms with Gasteiger partial charge in [-0.05, 0) is 91.6 Å². The van der Waals surface area contributed by atoms with Gasteiger partial charge in [0.15, 0.2) is 20.0 Å². The number of rotatable bonds is 6. The minimum absolute atomic E-state index is 0.0736. The van der Waals surface area contributed by atoms with Crippen molar-refractivity contribution >= 4 is 62.0 Å². The Bertz CT molecular complexity index is 1980. The molecule has 0 spiro atoms. The number of aliphatic hydroxyl groups is 1. The van der Waals surface area contributed by atoms with Crippen molar-refractivity contribution in [3.05, 3.63) is 105 Å². The van der Waals surface area contributed by atoms with Crippen LogP contribution in [-0.2, 0) is 17.6 Å². The predicted molar refractivity (Wildman–Crippen MR) is 191 cm³/mol. The van der Waals surface area contributed by atoms with E-state index in [4.69, 9.17) is 14.5 Å². The molecule has 234 valence electrons. The summed E-state index contributed by atoms with van der Waals surface area (Å²) < 4.78 is 12.1. The van der Waals surface area contributed by atoms with Crippen molar-refractivity contribution in [2.24, 2.45) is 0 Å². The van der Waals surface area contributed by atoms with E-state index in [9.17, 15) is 0 Å². The van der Waals surface area contributed by atoms with E-state index >= 15 is 0 Å². The summed E-state index contributed by atoms with van der Waals surface area (Å²) in [5.41, 5.74) is 5.94. The van der Waals surface area contributed by atoms with Gasteiger partial charge >= 0.3 is 0 Å². The van der Waals surface area contributed by atoms with E-state index < -0.39 is 8.32 Å². The van der Waals surface area contributed by atoms with Crippen molar-refractivity contribution in [2.75, 3.05) is 0 Å². The van der Waals surface area contributed by atoms with Gasteiger partial charge < -0.3 is 9.53 Å². The Balaban J connectivity index is 0.000000186. The molecular formula is C34H38Br2N6O2Si. The van der Waals surface area contributed by atoms with Crippen LogP contribution in [0.5, 0.6) is 0 Å². The zero-order chi connectivity index (χ0) is 32.5. The molecule has 8 nitrogen and oxygen atoms in total. The Morgan fingerprint density at radius 1 is 0.756 bits per heavy atom. The van der Waals surface area contributed by atoms with Gasteiger partial charge in [-0.15, -0.1) is 0 Å². The number of hydrogen-bond acceptors (Lipinski definition) is 6. The minimum Gasteiger partial charge on any atom is -0.411 e. The highest BCUT2D eigenvalue weighted by molar-refractivity contribution is 9.11. The third kappa shape index (κ3) is 7.28. The Morgan fingerprint density at radius 2 is 1.22 bits per heavy atom. The molecule has 6 rings (SSSR count). The number of nitrogens with zero attached hydrogens (tertiary/aromatic N) is 6. The van der Waals surface area contributed by atoms with Crippen LogP contribution in [-0.4, -0.2) is 43.0 Å². The molecule has 1 N–H and O–H groups in total. The van der Waals surface area contributed by atoms with E-state index in [1.54, 1.807) is 10.7 Å².